The summed E-state index contributed by atoms with van der Waals surface area (Å²) in [6.07, 6.45) is 8.24. The zero-order valence-corrected chi connectivity index (χ0v) is 13.4. The molecule has 2 aliphatic rings. The Morgan fingerprint density at radius 2 is 1.56 bits per heavy atom. The molecule has 0 bridgehead atoms. The highest BCUT2D eigenvalue weighted by Crippen LogP contribution is 2.10. The molecule has 0 spiro atoms. The number of rotatable bonds is 1. The van der Waals surface area contributed by atoms with Crippen LogP contribution in [0.4, 0.5) is 0 Å². The smallest absolute Gasteiger partial charge is 0.0768 e. The van der Waals surface area contributed by atoms with Gasteiger partial charge < -0.3 is 34.8 Å². The maximum Gasteiger partial charge on any atom is 0.0768 e. The van der Waals surface area contributed by atoms with E-state index in [1.54, 1.807) is 4.90 Å². The fourth-order valence-electron chi connectivity index (χ4n) is 2.45. The highest BCUT2D eigenvalue weighted by atomic mass is 32.1. The number of likely N-dealkylation sites (tertiary alicyclic amines) is 1. The van der Waals surface area contributed by atoms with E-state index in [2.05, 4.69) is 12.1 Å². The number of piperidine rings is 2. The maximum absolute atomic E-state index is 4.90. The third-order valence-corrected chi connectivity index (χ3v) is 4.26. The van der Waals surface area contributed by atoms with Gasteiger partial charge >= 0.3 is 0 Å². The van der Waals surface area contributed by atoms with Crippen LogP contribution in [-0.4, -0.2) is 54.6 Å². The van der Waals surface area contributed by atoms with Gasteiger partial charge in [-0.05, 0) is 36.4 Å². The summed E-state index contributed by atoms with van der Waals surface area (Å²) in [5, 5.41) is 4.13. The highest BCUT2D eigenvalue weighted by Gasteiger charge is 2.12. The monoisotopic (exact) mass is 289 g/mol. The van der Waals surface area contributed by atoms with Gasteiger partial charge in [-0.3, -0.25) is 0 Å². The van der Waals surface area contributed by atoms with E-state index < -0.39 is 0 Å². The van der Waals surface area contributed by atoms with Crippen molar-refractivity contribution in [2.75, 3.05) is 40.3 Å². The summed E-state index contributed by atoms with van der Waals surface area (Å²) in [5.74, 6) is 0. The molecule has 0 unspecified atom stereocenters. The van der Waals surface area contributed by atoms with E-state index in [9.17, 15) is 0 Å². The molecule has 3 nitrogen and oxygen atoms in total. The van der Waals surface area contributed by atoms with E-state index in [0.717, 1.165) is 13.1 Å². The molecule has 18 heavy (non-hydrogen) atoms. The number of hydrogen-bond donors (Lipinski definition) is 1. The Labute approximate surface area is 123 Å². The molecule has 2 saturated heterocycles. The molecule has 106 valence electrons. The summed E-state index contributed by atoms with van der Waals surface area (Å²) < 4.78 is 0.548. The number of quaternary nitrogens is 1. The minimum absolute atomic E-state index is 0.548. The van der Waals surface area contributed by atoms with E-state index in [1.165, 1.54) is 51.6 Å². The van der Waals surface area contributed by atoms with E-state index in [1.807, 2.05) is 12.1 Å². The minimum atomic E-state index is 0.548. The Morgan fingerprint density at radius 3 is 1.94 bits per heavy atom. The number of hydrazine groups is 1. The normalized spacial score (nSPS) is 21.9. The van der Waals surface area contributed by atoms with Crippen molar-refractivity contribution in [2.24, 2.45) is 0 Å². The predicted octanol–water partition coefficient (Wildman–Crippen LogP) is 0.836. The second kappa shape index (κ2) is 9.02. The molecule has 0 atom stereocenters. The molecule has 0 radical (unpaired) electrons. The van der Waals surface area contributed by atoms with E-state index in [0.29, 0.717) is 4.32 Å². The van der Waals surface area contributed by atoms with Crippen LogP contribution in [0.15, 0.2) is 0 Å². The van der Waals surface area contributed by atoms with Crippen LogP contribution in [0.5, 0.6) is 0 Å². The highest BCUT2D eigenvalue weighted by molar-refractivity contribution is 8.00. The number of hydrogen-bond acceptors (Lipinski definition) is 3. The molecule has 2 fully saturated rings. The summed E-state index contributed by atoms with van der Waals surface area (Å²) in [4.78, 5) is 1.71. The summed E-state index contributed by atoms with van der Waals surface area (Å²) in [6, 6.07) is 0. The van der Waals surface area contributed by atoms with Gasteiger partial charge in [0.1, 0.15) is 0 Å². The zero-order chi connectivity index (χ0) is 13.4. The van der Waals surface area contributed by atoms with Gasteiger partial charge in [-0.1, -0.05) is 6.42 Å². The minimum Gasteiger partial charge on any atom is -0.410 e. The molecular formula is C13H27N3S2. The molecule has 2 heterocycles. The first-order valence-corrected chi connectivity index (χ1v) is 7.94. The van der Waals surface area contributed by atoms with Gasteiger partial charge in [-0.25, -0.2) is 5.01 Å². The quantitative estimate of drug-likeness (QED) is 0.566. The summed E-state index contributed by atoms with van der Waals surface area (Å²) >= 11 is 9.80. The van der Waals surface area contributed by atoms with Crippen molar-refractivity contribution < 1.29 is 4.90 Å². The van der Waals surface area contributed by atoms with Crippen LogP contribution in [0.1, 0.15) is 38.5 Å². The summed E-state index contributed by atoms with van der Waals surface area (Å²) in [5.41, 5.74) is 0. The van der Waals surface area contributed by atoms with Crippen molar-refractivity contribution >= 4 is 29.2 Å². The van der Waals surface area contributed by atoms with Gasteiger partial charge in [0, 0.05) is 20.1 Å². The van der Waals surface area contributed by atoms with Crippen molar-refractivity contribution in [3.8, 4) is 0 Å². The lowest BCUT2D eigenvalue weighted by Crippen LogP contribution is -3.09. The number of nitrogens with zero attached hydrogens (tertiary/aromatic N) is 2. The van der Waals surface area contributed by atoms with Crippen LogP contribution in [-0.2, 0) is 12.6 Å². The predicted molar refractivity (Wildman–Crippen MR) is 83.6 cm³/mol. The SMILES string of the molecule is CN(C(=S)[S-])N1CCCCC1.C[NH+]1CCCCC1. The van der Waals surface area contributed by atoms with Crippen molar-refractivity contribution in [3.63, 3.8) is 0 Å². The summed E-state index contributed by atoms with van der Waals surface area (Å²) in [6.45, 7) is 5.01. The summed E-state index contributed by atoms with van der Waals surface area (Å²) in [7, 11) is 4.22. The first-order valence-electron chi connectivity index (χ1n) is 7.12. The van der Waals surface area contributed by atoms with E-state index in [4.69, 9.17) is 24.8 Å². The third kappa shape index (κ3) is 6.27. The third-order valence-electron chi connectivity index (χ3n) is 3.73. The molecule has 0 aromatic carbocycles. The molecule has 0 aromatic heterocycles. The van der Waals surface area contributed by atoms with Gasteiger partial charge in [-0.15, -0.1) is 0 Å². The van der Waals surface area contributed by atoms with Crippen LogP contribution < -0.4 is 4.90 Å². The van der Waals surface area contributed by atoms with Gasteiger partial charge in [0.25, 0.3) is 0 Å². The second-order valence-corrected chi connectivity index (χ2v) is 6.35. The maximum atomic E-state index is 4.90. The lowest BCUT2D eigenvalue weighted by atomic mass is 10.1. The molecule has 2 aliphatic heterocycles. The molecule has 2 rings (SSSR count). The Morgan fingerprint density at radius 1 is 1.06 bits per heavy atom. The number of thiocarbonyl (C=S) groups is 1. The fourth-order valence-corrected chi connectivity index (χ4v) is 2.68. The molecule has 0 aromatic rings. The van der Waals surface area contributed by atoms with Crippen LogP contribution in [0.25, 0.3) is 0 Å². The average molecular weight is 290 g/mol. The zero-order valence-electron chi connectivity index (χ0n) is 11.8. The molecule has 0 amide bonds. The van der Waals surface area contributed by atoms with Crippen molar-refractivity contribution in [3.05, 3.63) is 0 Å². The van der Waals surface area contributed by atoms with Crippen LogP contribution >= 0.6 is 12.2 Å². The van der Waals surface area contributed by atoms with Crippen LogP contribution in [0.3, 0.4) is 0 Å². The standard InChI is InChI=1S/C7H14N2S2.C6H13N/c1-8(7(10)11)9-5-3-2-4-6-9;1-7-5-3-2-4-6-7/h2-6H2,1H3,(H,10,11);2-6H2,1H3. The molecule has 0 aliphatic carbocycles. The fraction of sp³-hybridized carbons (Fsp3) is 0.923. The largest absolute Gasteiger partial charge is 0.410 e. The van der Waals surface area contributed by atoms with E-state index >= 15 is 0 Å². The van der Waals surface area contributed by atoms with Gasteiger partial charge in [-0.2, -0.15) is 0 Å². The van der Waals surface area contributed by atoms with Crippen LogP contribution in [0, 0.1) is 0 Å². The second-order valence-electron chi connectivity index (χ2n) is 5.32. The van der Waals surface area contributed by atoms with Crippen molar-refractivity contribution in [1.82, 2.24) is 10.0 Å². The Hall–Kier alpha value is 0.0300. The van der Waals surface area contributed by atoms with Crippen LogP contribution in [0.2, 0.25) is 0 Å². The van der Waals surface area contributed by atoms with Crippen molar-refractivity contribution in [1.29, 1.82) is 0 Å². The first-order chi connectivity index (χ1) is 8.61. The molecule has 0 saturated carbocycles. The molecular weight excluding hydrogens is 262 g/mol. The Kier molecular flexibility index (Phi) is 8.06. The average Bonchev–Trinajstić information content (AvgIpc) is 2.40. The lowest BCUT2D eigenvalue weighted by Gasteiger charge is -2.38. The van der Waals surface area contributed by atoms with Gasteiger partial charge in [0.15, 0.2) is 0 Å². The van der Waals surface area contributed by atoms with Gasteiger partial charge in [0.2, 0.25) is 0 Å². The van der Waals surface area contributed by atoms with E-state index in [-0.39, 0.29) is 0 Å². The number of nitrogens with one attached hydrogen (secondary N) is 1. The first kappa shape index (κ1) is 16.1. The lowest BCUT2D eigenvalue weighted by molar-refractivity contribution is -0.884. The Balaban J connectivity index is 0.000000199. The Bertz CT molecular complexity index is 236. The van der Waals surface area contributed by atoms with Crippen molar-refractivity contribution in [2.45, 2.75) is 38.5 Å². The molecule has 5 heteroatoms. The van der Waals surface area contributed by atoms with Gasteiger partial charge in [0.05, 0.1) is 20.1 Å². The molecule has 1 N–H and O–H groups in total. The topological polar surface area (TPSA) is 10.9 Å².